The first-order chi connectivity index (χ1) is 7.26. The molecule has 1 unspecified atom stereocenters. The van der Waals surface area contributed by atoms with Gasteiger partial charge in [0.15, 0.2) is 6.10 Å². The Hall–Kier alpha value is -0.660. The lowest BCUT2D eigenvalue weighted by Crippen LogP contribution is -2.38. The molecule has 0 bridgehead atoms. The second-order valence-corrected chi connectivity index (χ2v) is 5.93. The number of carbonyl (C=O) groups is 1. The van der Waals surface area contributed by atoms with Crippen molar-refractivity contribution >= 4 is 15.8 Å². The van der Waals surface area contributed by atoms with Gasteiger partial charge in [0.05, 0.1) is 5.75 Å². The van der Waals surface area contributed by atoms with Gasteiger partial charge in [-0.1, -0.05) is 0 Å². The molecule has 96 valence electrons. The monoisotopic (exact) mass is 253 g/mol. The minimum absolute atomic E-state index is 0.0158. The lowest BCUT2D eigenvalue weighted by molar-refractivity contribution is -0.151. The third kappa shape index (κ3) is 7.61. The molecule has 16 heavy (non-hydrogen) atoms. The molecule has 0 rings (SSSR count). The lowest BCUT2D eigenvalue weighted by atomic mass is 10.3. The maximum atomic E-state index is 10.9. The van der Waals surface area contributed by atoms with E-state index in [0.717, 1.165) is 6.26 Å². The van der Waals surface area contributed by atoms with Crippen molar-refractivity contribution in [1.29, 1.82) is 0 Å². The van der Waals surface area contributed by atoms with Gasteiger partial charge in [-0.15, -0.1) is 0 Å². The number of hydrogen-bond donors (Lipinski definition) is 1. The Morgan fingerprint density at radius 2 is 2.06 bits per heavy atom. The molecule has 6 nitrogen and oxygen atoms in total. The van der Waals surface area contributed by atoms with Crippen LogP contribution in [0.15, 0.2) is 0 Å². The van der Waals surface area contributed by atoms with E-state index in [-0.39, 0.29) is 12.3 Å². The maximum absolute atomic E-state index is 10.9. The fourth-order valence-corrected chi connectivity index (χ4v) is 1.74. The molecule has 1 N–H and O–H groups in total. The SMILES string of the molecule is CCOC(CN(C)CCS(C)(=O)=O)C(=O)O. The molecule has 0 saturated heterocycles. The van der Waals surface area contributed by atoms with E-state index in [1.54, 1.807) is 18.9 Å². The van der Waals surface area contributed by atoms with Gasteiger partial charge in [-0.05, 0) is 14.0 Å². The summed E-state index contributed by atoms with van der Waals surface area (Å²) in [4.78, 5) is 12.4. The largest absolute Gasteiger partial charge is 0.479 e. The highest BCUT2D eigenvalue weighted by Gasteiger charge is 2.19. The van der Waals surface area contributed by atoms with Gasteiger partial charge in [-0.2, -0.15) is 0 Å². The summed E-state index contributed by atoms with van der Waals surface area (Å²) in [5.41, 5.74) is 0. The van der Waals surface area contributed by atoms with Crippen LogP contribution in [0.3, 0.4) is 0 Å². The van der Waals surface area contributed by atoms with Gasteiger partial charge < -0.3 is 14.7 Å². The number of likely N-dealkylation sites (N-methyl/N-ethyl adjacent to an activating group) is 1. The van der Waals surface area contributed by atoms with Gasteiger partial charge in [0, 0.05) is 26.0 Å². The van der Waals surface area contributed by atoms with Crippen LogP contribution in [0.25, 0.3) is 0 Å². The summed E-state index contributed by atoms with van der Waals surface area (Å²) in [6.45, 7) is 2.51. The van der Waals surface area contributed by atoms with Gasteiger partial charge >= 0.3 is 5.97 Å². The zero-order chi connectivity index (χ0) is 12.8. The first-order valence-corrected chi connectivity index (χ1v) is 7.03. The normalized spacial score (nSPS) is 14.0. The van der Waals surface area contributed by atoms with Crippen LogP contribution in [0.5, 0.6) is 0 Å². The van der Waals surface area contributed by atoms with Crippen molar-refractivity contribution in [3.63, 3.8) is 0 Å². The summed E-state index contributed by atoms with van der Waals surface area (Å²) in [6.07, 6.45) is 0.243. The molecule has 0 aliphatic heterocycles. The van der Waals surface area contributed by atoms with Crippen molar-refractivity contribution in [3.05, 3.63) is 0 Å². The van der Waals surface area contributed by atoms with Crippen molar-refractivity contribution in [2.75, 3.05) is 38.8 Å². The molecule has 0 aliphatic carbocycles. The Bertz CT molecular complexity index is 314. The highest BCUT2D eigenvalue weighted by atomic mass is 32.2. The molecule has 0 amide bonds. The third-order valence-corrected chi connectivity index (χ3v) is 2.89. The minimum Gasteiger partial charge on any atom is -0.479 e. The summed E-state index contributed by atoms with van der Waals surface area (Å²) in [5.74, 6) is -1.02. The second kappa shape index (κ2) is 6.82. The summed E-state index contributed by atoms with van der Waals surface area (Å²) in [7, 11) is -1.35. The minimum atomic E-state index is -3.02. The van der Waals surface area contributed by atoms with Crippen LogP contribution in [0.1, 0.15) is 6.92 Å². The molecular formula is C9H19NO5S. The van der Waals surface area contributed by atoms with E-state index in [9.17, 15) is 13.2 Å². The average molecular weight is 253 g/mol. The smallest absolute Gasteiger partial charge is 0.334 e. The Balaban J connectivity index is 4.09. The van der Waals surface area contributed by atoms with Crippen LogP contribution in [0, 0.1) is 0 Å². The number of carboxylic acids is 1. The molecular weight excluding hydrogens is 234 g/mol. The molecule has 7 heteroatoms. The Labute approximate surface area is 96.1 Å². The number of rotatable bonds is 8. The lowest BCUT2D eigenvalue weighted by Gasteiger charge is -2.20. The van der Waals surface area contributed by atoms with Crippen LogP contribution < -0.4 is 0 Å². The van der Waals surface area contributed by atoms with Crippen LogP contribution >= 0.6 is 0 Å². The quantitative estimate of drug-likeness (QED) is 0.625. The summed E-state index contributed by atoms with van der Waals surface area (Å²) in [5, 5.41) is 8.81. The fraction of sp³-hybridized carbons (Fsp3) is 0.889. The van der Waals surface area contributed by atoms with Gasteiger partial charge in [-0.25, -0.2) is 13.2 Å². The van der Waals surface area contributed by atoms with Gasteiger partial charge in [0.2, 0.25) is 0 Å². The number of carboxylic acid groups (broad SMARTS) is 1. The van der Waals surface area contributed by atoms with E-state index in [1.165, 1.54) is 0 Å². The first-order valence-electron chi connectivity index (χ1n) is 4.97. The molecule has 0 aromatic rings. The van der Waals surface area contributed by atoms with Gasteiger partial charge in [0.25, 0.3) is 0 Å². The summed E-state index contributed by atoms with van der Waals surface area (Å²) in [6, 6.07) is 0. The van der Waals surface area contributed by atoms with E-state index >= 15 is 0 Å². The molecule has 0 heterocycles. The van der Waals surface area contributed by atoms with E-state index in [4.69, 9.17) is 9.84 Å². The predicted octanol–water partition coefficient (Wildman–Crippen LogP) is -0.547. The van der Waals surface area contributed by atoms with Crippen molar-refractivity contribution in [2.24, 2.45) is 0 Å². The van der Waals surface area contributed by atoms with Crippen molar-refractivity contribution < 1.29 is 23.1 Å². The number of aliphatic carboxylic acids is 1. The molecule has 0 spiro atoms. The predicted molar refractivity (Wildman–Crippen MR) is 60.3 cm³/mol. The number of hydrogen-bond acceptors (Lipinski definition) is 5. The Kier molecular flexibility index (Phi) is 6.54. The zero-order valence-electron chi connectivity index (χ0n) is 9.84. The molecule has 1 atom stereocenters. The number of sulfone groups is 1. The molecule has 0 saturated carbocycles. The highest BCUT2D eigenvalue weighted by molar-refractivity contribution is 7.90. The summed E-state index contributed by atoms with van der Waals surface area (Å²) >= 11 is 0. The fourth-order valence-electron chi connectivity index (χ4n) is 1.10. The second-order valence-electron chi connectivity index (χ2n) is 3.67. The van der Waals surface area contributed by atoms with Crippen LogP contribution in [-0.2, 0) is 19.4 Å². The van der Waals surface area contributed by atoms with Gasteiger partial charge in [-0.3, -0.25) is 0 Å². The van der Waals surface area contributed by atoms with Crippen LogP contribution in [0.4, 0.5) is 0 Å². The summed E-state index contributed by atoms with van der Waals surface area (Å²) < 4.78 is 26.8. The highest BCUT2D eigenvalue weighted by Crippen LogP contribution is 1.97. The van der Waals surface area contributed by atoms with E-state index in [0.29, 0.717) is 13.2 Å². The third-order valence-electron chi connectivity index (χ3n) is 1.96. The van der Waals surface area contributed by atoms with E-state index in [2.05, 4.69) is 0 Å². The maximum Gasteiger partial charge on any atom is 0.334 e. The molecule has 0 radical (unpaired) electrons. The van der Waals surface area contributed by atoms with Crippen molar-refractivity contribution in [1.82, 2.24) is 4.90 Å². The zero-order valence-corrected chi connectivity index (χ0v) is 10.7. The molecule has 0 aliphatic rings. The van der Waals surface area contributed by atoms with E-state index in [1.807, 2.05) is 0 Å². The van der Waals surface area contributed by atoms with Crippen molar-refractivity contribution in [2.45, 2.75) is 13.0 Å². The van der Waals surface area contributed by atoms with Crippen LogP contribution in [-0.4, -0.2) is 69.3 Å². The Morgan fingerprint density at radius 1 is 1.50 bits per heavy atom. The Morgan fingerprint density at radius 3 is 2.44 bits per heavy atom. The first kappa shape index (κ1) is 15.3. The number of nitrogens with zero attached hydrogens (tertiary/aromatic N) is 1. The molecule has 0 aromatic carbocycles. The standard InChI is InChI=1S/C9H19NO5S/c1-4-15-8(9(11)12)7-10(2)5-6-16(3,13)14/h8H,4-7H2,1-3H3,(H,11,12). The molecule has 0 aromatic heterocycles. The average Bonchev–Trinajstić information content (AvgIpc) is 2.13. The van der Waals surface area contributed by atoms with Crippen LogP contribution in [0.2, 0.25) is 0 Å². The molecule has 0 fully saturated rings. The van der Waals surface area contributed by atoms with Crippen molar-refractivity contribution in [3.8, 4) is 0 Å². The van der Waals surface area contributed by atoms with E-state index < -0.39 is 21.9 Å². The topological polar surface area (TPSA) is 83.9 Å². The van der Waals surface area contributed by atoms with Gasteiger partial charge in [0.1, 0.15) is 9.84 Å². The number of ether oxygens (including phenoxy) is 1.